The second kappa shape index (κ2) is 10.1. The minimum Gasteiger partial charge on any atom is -0.497 e. The van der Waals surface area contributed by atoms with E-state index in [1.54, 1.807) is 7.11 Å². The Balaban J connectivity index is 1.56. The second-order valence-electron chi connectivity index (χ2n) is 7.42. The van der Waals surface area contributed by atoms with Gasteiger partial charge >= 0.3 is 0 Å². The van der Waals surface area contributed by atoms with E-state index in [0.717, 1.165) is 24.2 Å². The van der Waals surface area contributed by atoms with E-state index in [9.17, 15) is 9.59 Å². The van der Waals surface area contributed by atoms with Gasteiger partial charge < -0.3 is 9.47 Å². The molecule has 0 aliphatic carbocycles. The van der Waals surface area contributed by atoms with Crippen LogP contribution in [-0.4, -0.2) is 68.1 Å². The number of carbonyl (C=O) groups excluding carboxylic acids is 2. The van der Waals surface area contributed by atoms with Crippen LogP contribution in [0.4, 0.5) is 0 Å². The molecule has 1 fully saturated rings. The fraction of sp³-hybridized carbons (Fsp3) is 0.333. The number of thioether (sulfide) groups is 1. The second-order valence-corrected chi connectivity index (χ2v) is 8.41. The predicted octanol–water partition coefficient (Wildman–Crippen LogP) is 3.04. The molecule has 0 aromatic heterocycles. The highest BCUT2D eigenvalue weighted by Gasteiger charge is 2.39. The van der Waals surface area contributed by atoms with E-state index in [1.807, 2.05) is 54.6 Å². The van der Waals surface area contributed by atoms with Crippen molar-refractivity contribution < 1.29 is 19.1 Å². The molecular formula is C24H26N2O4S. The van der Waals surface area contributed by atoms with Gasteiger partial charge in [0.15, 0.2) is 0 Å². The van der Waals surface area contributed by atoms with Gasteiger partial charge in [0.25, 0.3) is 11.8 Å². The highest BCUT2D eigenvalue weighted by Crippen LogP contribution is 2.37. The van der Waals surface area contributed by atoms with Crippen molar-refractivity contribution in [1.82, 2.24) is 9.80 Å². The van der Waals surface area contributed by atoms with Gasteiger partial charge in [-0.3, -0.25) is 19.4 Å². The molecule has 31 heavy (non-hydrogen) atoms. The molecule has 0 bridgehead atoms. The largest absolute Gasteiger partial charge is 0.497 e. The fourth-order valence-electron chi connectivity index (χ4n) is 3.70. The van der Waals surface area contributed by atoms with Gasteiger partial charge in [-0.05, 0) is 23.3 Å². The van der Waals surface area contributed by atoms with Crippen LogP contribution in [0.5, 0.6) is 5.75 Å². The molecule has 0 unspecified atom stereocenters. The highest BCUT2D eigenvalue weighted by atomic mass is 32.2. The first-order valence-corrected chi connectivity index (χ1v) is 11.4. The van der Waals surface area contributed by atoms with E-state index < -0.39 is 0 Å². The van der Waals surface area contributed by atoms with Gasteiger partial charge in [0.1, 0.15) is 5.75 Å². The van der Waals surface area contributed by atoms with E-state index in [1.165, 1.54) is 16.7 Å². The van der Waals surface area contributed by atoms with Gasteiger partial charge in [0.2, 0.25) is 0 Å². The lowest BCUT2D eigenvalue weighted by molar-refractivity contribution is -0.136. The zero-order valence-corrected chi connectivity index (χ0v) is 18.4. The number of carbonyl (C=O) groups is 2. The van der Waals surface area contributed by atoms with Gasteiger partial charge in [0.05, 0.1) is 30.8 Å². The minimum atomic E-state index is -0.223. The molecule has 0 spiro atoms. The van der Waals surface area contributed by atoms with Crippen LogP contribution in [-0.2, 0) is 20.1 Å². The summed E-state index contributed by atoms with van der Waals surface area (Å²) in [5.74, 6) is 0.916. The molecule has 2 amide bonds. The molecule has 0 saturated carbocycles. The molecule has 2 aromatic rings. The molecule has 2 aliphatic heterocycles. The summed E-state index contributed by atoms with van der Waals surface area (Å²) in [5, 5.41) is 0. The van der Waals surface area contributed by atoms with Crippen molar-refractivity contribution in [2.24, 2.45) is 0 Å². The standard InChI is InChI=1S/C24H26N2O4S/c1-29-20-9-7-19(8-10-20)21-22(31-17-18-5-3-2-4-6-18)24(28)26(23(21)27)12-11-25-13-15-30-16-14-25/h2-10H,11-17H2,1H3. The number of benzene rings is 2. The number of hydrogen-bond acceptors (Lipinski definition) is 6. The molecule has 2 heterocycles. The van der Waals surface area contributed by atoms with Crippen LogP contribution in [0, 0.1) is 0 Å². The van der Waals surface area contributed by atoms with Crippen molar-refractivity contribution in [2.75, 3.05) is 46.5 Å². The van der Waals surface area contributed by atoms with Crippen molar-refractivity contribution in [1.29, 1.82) is 0 Å². The smallest absolute Gasteiger partial charge is 0.268 e. The van der Waals surface area contributed by atoms with E-state index in [4.69, 9.17) is 9.47 Å². The number of amides is 2. The van der Waals surface area contributed by atoms with Crippen molar-refractivity contribution in [2.45, 2.75) is 5.75 Å². The first-order chi connectivity index (χ1) is 15.2. The van der Waals surface area contributed by atoms with Crippen LogP contribution in [0.2, 0.25) is 0 Å². The number of morpholine rings is 1. The van der Waals surface area contributed by atoms with Crippen molar-refractivity contribution in [3.05, 3.63) is 70.6 Å². The molecular weight excluding hydrogens is 412 g/mol. The van der Waals surface area contributed by atoms with Crippen LogP contribution < -0.4 is 4.74 Å². The molecule has 2 aliphatic rings. The first-order valence-electron chi connectivity index (χ1n) is 10.4. The number of rotatable bonds is 8. The number of methoxy groups -OCH3 is 1. The van der Waals surface area contributed by atoms with E-state index in [2.05, 4.69) is 4.90 Å². The highest BCUT2D eigenvalue weighted by molar-refractivity contribution is 8.03. The first kappa shape index (κ1) is 21.6. The quantitative estimate of drug-likeness (QED) is 0.591. The average molecular weight is 439 g/mol. The summed E-state index contributed by atoms with van der Waals surface area (Å²) in [4.78, 5) is 30.7. The molecule has 4 rings (SSSR count). The zero-order chi connectivity index (χ0) is 21.6. The van der Waals surface area contributed by atoms with Crippen LogP contribution in [0.1, 0.15) is 11.1 Å². The Hall–Kier alpha value is -2.61. The fourth-order valence-corrected chi connectivity index (χ4v) is 4.79. The number of ether oxygens (including phenoxy) is 2. The molecule has 162 valence electrons. The Bertz CT molecular complexity index is 953. The van der Waals surface area contributed by atoms with Crippen LogP contribution in [0.3, 0.4) is 0 Å². The molecule has 0 atom stereocenters. The number of hydrogen-bond donors (Lipinski definition) is 0. The van der Waals surface area contributed by atoms with Gasteiger partial charge in [0, 0.05) is 31.9 Å². The summed E-state index contributed by atoms with van der Waals surface area (Å²) < 4.78 is 10.6. The lowest BCUT2D eigenvalue weighted by Gasteiger charge is -2.28. The minimum absolute atomic E-state index is 0.204. The van der Waals surface area contributed by atoms with Crippen molar-refractivity contribution in [3.63, 3.8) is 0 Å². The molecule has 6 nitrogen and oxygen atoms in total. The number of nitrogens with zero attached hydrogens (tertiary/aromatic N) is 2. The normalized spacial score (nSPS) is 17.5. The Morgan fingerprint density at radius 3 is 2.32 bits per heavy atom. The monoisotopic (exact) mass is 438 g/mol. The predicted molar refractivity (Wildman–Crippen MR) is 122 cm³/mol. The van der Waals surface area contributed by atoms with Crippen molar-refractivity contribution >= 4 is 29.1 Å². The Labute approximate surface area is 186 Å². The van der Waals surface area contributed by atoms with Gasteiger partial charge in [-0.25, -0.2) is 0 Å². The third-order valence-corrected chi connectivity index (χ3v) is 6.62. The van der Waals surface area contributed by atoms with Gasteiger partial charge in [-0.1, -0.05) is 42.5 Å². The van der Waals surface area contributed by atoms with E-state index >= 15 is 0 Å². The summed E-state index contributed by atoms with van der Waals surface area (Å²) in [6, 6.07) is 17.3. The molecule has 0 radical (unpaired) electrons. The average Bonchev–Trinajstić information content (AvgIpc) is 3.06. The van der Waals surface area contributed by atoms with Gasteiger partial charge in [-0.2, -0.15) is 0 Å². The maximum absolute atomic E-state index is 13.3. The summed E-state index contributed by atoms with van der Waals surface area (Å²) >= 11 is 1.43. The molecule has 0 N–H and O–H groups in total. The molecule has 1 saturated heterocycles. The van der Waals surface area contributed by atoms with Crippen molar-refractivity contribution in [3.8, 4) is 5.75 Å². The summed E-state index contributed by atoms with van der Waals surface area (Å²) in [5.41, 5.74) is 2.33. The van der Waals surface area contributed by atoms with E-state index in [-0.39, 0.29) is 11.8 Å². The van der Waals surface area contributed by atoms with Gasteiger partial charge in [-0.15, -0.1) is 11.8 Å². The number of imide groups is 1. The van der Waals surface area contributed by atoms with Crippen LogP contribution >= 0.6 is 11.8 Å². The molecule has 7 heteroatoms. The third-order valence-electron chi connectivity index (χ3n) is 5.47. The Morgan fingerprint density at radius 2 is 1.65 bits per heavy atom. The maximum atomic E-state index is 13.3. The summed E-state index contributed by atoms with van der Waals surface area (Å²) in [6.45, 7) is 4.07. The zero-order valence-electron chi connectivity index (χ0n) is 17.6. The molecule has 2 aromatic carbocycles. The Kier molecular flexibility index (Phi) is 7.06. The topological polar surface area (TPSA) is 59.1 Å². The van der Waals surface area contributed by atoms with Crippen LogP contribution in [0.25, 0.3) is 5.57 Å². The summed E-state index contributed by atoms with van der Waals surface area (Å²) in [6.07, 6.45) is 0. The summed E-state index contributed by atoms with van der Waals surface area (Å²) in [7, 11) is 1.60. The Morgan fingerprint density at radius 1 is 0.935 bits per heavy atom. The lowest BCUT2D eigenvalue weighted by atomic mass is 10.1. The SMILES string of the molecule is COc1ccc(C2=C(SCc3ccccc3)C(=O)N(CCN3CCOCC3)C2=O)cc1. The maximum Gasteiger partial charge on any atom is 0.268 e. The lowest BCUT2D eigenvalue weighted by Crippen LogP contribution is -2.43. The third kappa shape index (κ3) is 5.01. The van der Waals surface area contributed by atoms with Crippen LogP contribution in [0.15, 0.2) is 59.5 Å². The van der Waals surface area contributed by atoms with E-state index in [0.29, 0.717) is 48.3 Å².